The Hall–Kier alpha value is -3.17. The summed E-state index contributed by atoms with van der Waals surface area (Å²) >= 11 is 0. The van der Waals surface area contributed by atoms with Crippen LogP contribution in [0.5, 0.6) is 11.5 Å². The van der Waals surface area contributed by atoms with Crippen molar-refractivity contribution < 1.29 is 32.4 Å². The summed E-state index contributed by atoms with van der Waals surface area (Å²) in [4.78, 5) is 22.5. The molecule has 1 heterocycles. The standard InChI is InChI=1S/C15H14F2N2O6/c1-23-12-7-10(11(19(21)22)8-13(12)25-15(16)17)14(20)18-5-4-9-3-2-6-24-9/h2-3,6-8,15H,4-5H2,1H3,(H,18,20). The number of hydrogen-bond acceptors (Lipinski definition) is 6. The molecule has 0 aliphatic heterocycles. The van der Waals surface area contributed by atoms with Gasteiger partial charge in [0.15, 0.2) is 11.5 Å². The van der Waals surface area contributed by atoms with Crippen molar-refractivity contribution >= 4 is 11.6 Å². The van der Waals surface area contributed by atoms with Crippen molar-refractivity contribution in [3.05, 3.63) is 52.0 Å². The number of methoxy groups -OCH3 is 1. The van der Waals surface area contributed by atoms with E-state index in [1.807, 2.05) is 0 Å². The first-order valence-electron chi connectivity index (χ1n) is 7.04. The summed E-state index contributed by atoms with van der Waals surface area (Å²) in [5, 5.41) is 13.6. The number of ether oxygens (including phenoxy) is 2. The lowest BCUT2D eigenvalue weighted by atomic mass is 10.1. The van der Waals surface area contributed by atoms with Gasteiger partial charge in [0.2, 0.25) is 0 Å². The number of nitro groups is 1. The number of benzene rings is 1. The zero-order valence-electron chi connectivity index (χ0n) is 13.0. The molecule has 0 radical (unpaired) electrons. The minimum absolute atomic E-state index is 0.168. The molecular weight excluding hydrogens is 342 g/mol. The molecule has 0 aliphatic carbocycles. The van der Waals surface area contributed by atoms with Gasteiger partial charge in [-0.05, 0) is 12.1 Å². The highest BCUT2D eigenvalue weighted by atomic mass is 19.3. The van der Waals surface area contributed by atoms with Crippen LogP contribution in [-0.2, 0) is 6.42 Å². The second kappa shape index (κ2) is 8.08. The lowest BCUT2D eigenvalue weighted by Gasteiger charge is -2.12. The average Bonchev–Trinajstić information content (AvgIpc) is 3.07. The maximum absolute atomic E-state index is 12.4. The molecule has 0 fully saturated rings. The Kier molecular flexibility index (Phi) is 5.88. The third kappa shape index (κ3) is 4.66. The van der Waals surface area contributed by atoms with Crippen LogP contribution in [0.15, 0.2) is 34.9 Å². The first-order chi connectivity index (χ1) is 11.9. The molecule has 0 unspecified atom stereocenters. The van der Waals surface area contributed by atoms with Crippen molar-refractivity contribution in [2.45, 2.75) is 13.0 Å². The molecule has 0 saturated carbocycles. The van der Waals surface area contributed by atoms with Crippen LogP contribution in [0.1, 0.15) is 16.1 Å². The number of carbonyl (C=O) groups excluding carboxylic acids is 1. The molecule has 2 aromatic rings. The fourth-order valence-electron chi connectivity index (χ4n) is 2.08. The highest BCUT2D eigenvalue weighted by molar-refractivity contribution is 5.99. The first kappa shape index (κ1) is 18.2. The van der Waals surface area contributed by atoms with E-state index in [4.69, 9.17) is 9.15 Å². The summed E-state index contributed by atoms with van der Waals surface area (Å²) in [5.41, 5.74) is -1.00. The topological polar surface area (TPSA) is 104 Å². The summed E-state index contributed by atoms with van der Waals surface area (Å²) in [6.07, 6.45) is 1.87. The molecule has 1 N–H and O–H groups in total. The van der Waals surface area contributed by atoms with Crippen molar-refractivity contribution in [3.63, 3.8) is 0 Å². The van der Waals surface area contributed by atoms with Crippen molar-refractivity contribution in [1.29, 1.82) is 0 Å². The molecule has 0 atom stereocenters. The molecule has 0 spiro atoms. The molecule has 134 valence electrons. The summed E-state index contributed by atoms with van der Waals surface area (Å²) in [6.45, 7) is -3.03. The largest absolute Gasteiger partial charge is 0.493 e. The molecule has 0 bridgehead atoms. The molecule has 10 heteroatoms. The zero-order valence-corrected chi connectivity index (χ0v) is 13.0. The molecule has 1 aromatic heterocycles. The Bertz CT molecular complexity index is 749. The van der Waals surface area contributed by atoms with E-state index in [2.05, 4.69) is 10.1 Å². The van der Waals surface area contributed by atoms with Gasteiger partial charge in [-0.15, -0.1) is 0 Å². The number of amides is 1. The van der Waals surface area contributed by atoms with Gasteiger partial charge in [-0.25, -0.2) is 0 Å². The number of nitrogens with zero attached hydrogens (tertiary/aromatic N) is 1. The van der Waals surface area contributed by atoms with Crippen LogP contribution in [0.25, 0.3) is 0 Å². The highest BCUT2D eigenvalue weighted by Gasteiger charge is 2.25. The first-order valence-corrected chi connectivity index (χ1v) is 7.04. The Labute approximate surface area is 140 Å². The number of carbonyl (C=O) groups is 1. The van der Waals surface area contributed by atoms with Gasteiger partial charge < -0.3 is 19.2 Å². The second-order valence-electron chi connectivity index (χ2n) is 4.74. The fraction of sp³-hybridized carbons (Fsp3) is 0.267. The third-order valence-electron chi connectivity index (χ3n) is 3.18. The highest BCUT2D eigenvalue weighted by Crippen LogP contribution is 2.35. The van der Waals surface area contributed by atoms with E-state index in [1.54, 1.807) is 12.1 Å². The van der Waals surface area contributed by atoms with Crippen LogP contribution >= 0.6 is 0 Å². The summed E-state index contributed by atoms with van der Waals surface area (Å²) in [7, 11) is 1.16. The van der Waals surface area contributed by atoms with Gasteiger partial charge in [0.05, 0.1) is 24.4 Å². The normalized spacial score (nSPS) is 10.6. The third-order valence-corrected chi connectivity index (χ3v) is 3.18. The van der Waals surface area contributed by atoms with Crippen molar-refractivity contribution in [1.82, 2.24) is 5.32 Å². The number of halogens is 2. The van der Waals surface area contributed by atoms with E-state index in [9.17, 15) is 23.7 Å². The average molecular weight is 356 g/mol. The monoisotopic (exact) mass is 356 g/mol. The quantitative estimate of drug-likeness (QED) is 0.576. The smallest absolute Gasteiger partial charge is 0.387 e. The predicted octanol–water partition coefficient (Wildman–Crippen LogP) is 2.77. The van der Waals surface area contributed by atoms with Crippen LogP contribution in [-0.4, -0.2) is 31.1 Å². The van der Waals surface area contributed by atoms with Gasteiger partial charge in [-0.2, -0.15) is 8.78 Å². The second-order valence-corrected chi connectivity index (χ2v) is 4.74. The summed E-state index contributed by atoms with van der Waals surface area (Å²) < 4.78 is 38.9. The number of nitro benzene ring substituents is 1. The van der Waals surface area contributed by atoms with Gasteiger partial charge in [0, 0.05) is 19.0 Å². The van der Waals surface area contributed by atoms with E-state index < -0.39 is 28.9 Å². The maximum Gasteiger partial charge on any atom is 0.387 e. The number of nitrogens with one attached hydrogen (secondary N) is 1. The fourth-order valence-corrected chi connectivity index (χ4v) is 2.08. The Morgan fingerprint density at radius 3 is 2.72 bits per heavy atom. The van der Waals surface area contributed by atoms with E-state index in [-0.39, 0.29) is 17.9 Å². The van der Waals surface area contributed by atoms with Crippen molar-refractivity contribution in [2.75, 3.05) is 13.7 Å². The molecule has 25 heavy (non-hydrogen) atoms. The SMILES string of the molecule is COc1cc(C(=O)NCCc2ccco2)c([N+](=O)[O-])cc1OC(F)F. The molecule has 0 aliphatic rings. The molecular formula is C15H14F2N2O6. The zero-order chi connectivity index (χ0) is 18.4. The molecule has 1 amide bonds. The number of rotatable bonds is 8. The Balaban J connectivity index is 2.21. The Morgan fingerprint density at radius 1 is 1.40 bits per heavy atom. The maximum atomic E-state index is 12.4. The van der Waals surface area contributed by atoms with E-state index in [0.717, 1.165) is 19.2 Å². The van der Waals surface area contributed by atoms with Crippen LogP contribution in [0.4, 0.5) is 14.5 Å². The van der Waals surface area contributed by atoms with Gasteiger partial charge in [-0.3, -0.25) is 14.9 Å². The minimum Gasteiger partial charge on any atom is -0.493 e. The van der Waals surface area contributed by atoms with Crippen LogP contribution in [0.3, 0.4) is 0 Å². The van der Waals surface area contributed by atoms with Gasteiger partial charge in [0.1, 0.15) is 11.3 Å². The van der Waals surface area contributed by atoms with Crippen LogP contribution < -0.4 is 14.8 Å². The van der Waals surface area contributed by atoms with Crippen LogP contribution in [0.2, 0.25) is 0 Å². The van der Waals surface area contributed by atoms with E-state index in [1.165, 1.54) is 6.26 Å². The summed E-state index contributed by atoms with van der Waals surface area (Å²) in [6, 6.07) is 5.12. The molecule has 2 rings (SSSR count). The Morgan fingerprint density at radius 2 is 2.16 bits per heavy atom. The number of furan rings is 1. The predicted molar refractivity (Wildman–Crippen MR) is 81.0 cm³/mol. The van der Waals surface area contributed by atoms with E-state index in [0.29, 0.717) is 12.2 Å². The van der Waals surface area contributed by atoms with Gasteiger partial charge in [0.25, 0.3) is 11.6 Å². The number of hydrogen-bond donors (Lipinski definition) is 1. The lowest BCUT2D eigenvalue weighted by Crippen LogP contribution is -2.26. The van der Waals surface area contributed by atoms with Crippen molar-refractivity contribution in [2.24, 2.45) is 0 Å². The summed E-state index contributed by atoms with van der Waals surface area (Å²) in [5.74, 6) is -0.869. The molecule has 8 nitrogen and oxygen atoms in total. The minimum atomic E-state index is -3.19. The van der Waals surface area contributed by atoms with E-state index >= 15 is 0 Å². The van der Waals surface area contributed by atoms with Gasteiger partial charge >= 0.3 is 6.61 Å². The molecule has 1 aromatic carbocycles. The molecule has 0 saturated heterocycles. The van der Waals surface area contributed by atoms with Gasteiger partial charge in [-0.1, -0.05) is 0 Å². The lowest BCUT2D eigenvalue weighted by molar-refractivity contribution is -0.385. The van der Waals surface area contributed by atoms with Crippen LogP contribution in [0, 0.1) is 10.1 Å². The van der Waals surface area contributed by atoms with Crippen molar-refractivity contribution in [3.8, 4) is 11.5 Å². The number of alkyl halides is 2.